The van der Waals surface area contributed by atoms with Gasteiger partial charge in [0.15, 0.2) is 10.8 Å². The maximum atomic E-state index is 12.9. The first-order valence-corrected chi connectivity index (χ1v) is 6.12. The summed E-state index contributed by atoms with van der Waals surface area (Å²) in [5.74, 6) is -0.926. The van der Waals surface area contributed by atoms with Crippen molar-refractivity contribution in [1.82, 2.24) is 4.98 Å². The fourth-order valence-electron chi connectivity index (χ4n) is 1.24. The number of halogens is 2. The molecular weight excluding hydrogens is 279 g/mol. The van der Waals surface area contributed by atoms with Gasteiger partial charge >= 0.3 is 5.97 Å². The molecule has 0 saturated heterocycles. The quantitative estimate of drug-likeness (QED) is 0.878. The second kappa shape index (κ2) is 5.32. The van der Waals surface area contributed by atoms with Gasteiger partial charge in [0.1, 0.15) is 5.82 Å². The lowest BCUT2D eigenvalue weighted by Gasteiger charge is -2.04. The highest BCUT2D eigenvalue weighted by molar-refractivity contribution is 7.14. The molecule has 0 atom stereocenters. The zero-order valence-corrected chi connectivity index (χ0v) is 10.8. The summed E-state index contributed by atoms with van der Waals surface area (Å²) in [7, 11) is 1.28. The molecule has 0 aliphatic heterocycles. The number of carbonyl (C=O) groups excluding carboxylic acids is 1. The van der Waals surface area contributed by atoms with Gasteiger partial charge < -0.3 is 10.1 Å². The molecule has 0 saturated carbocycles. The van der Waals surface area contributed by atoms with E-state index in [1.54, 1.807) is 5.38 Å². The molecular formula is C11H8ClFN2O2S. The summed E-state index contributed by atoms with van der Waals surface area (Å²) in [4.78, 5) is 15.2. The molecule has 0 unspecified atom stereocenters. The summed E-state index contributed by atoms with van der Waals surface area (Å²) in [6, 6.07) is 3.97. The van der Waals surface area contributed by atoms with Gasteiger partial charge in [-0.3, -0.25) is 0 Å². The number of rotatable bonds is 3. The highest BCUT2D eigenvalue weighted by Gasteiger charge is 2.11. The topological polar surface area (TPSA) is 51.2 Å². The van der Waals surface area contributed by atoms with E-state index in [-0.39, 0.29) is 10.7 Å². The molecule has 94 valence electrons. The Morgan fingerprint density at radius 2 is 2.33 bits per heavy atom. The van der Waals surface area contributed by atoms with Crippen molar-refractivity contribution in [2.24, 2.45) is 0 Å². The predicted octanol–water partition coefficient (Wildman–Crippen LogP) is 3.47. The second-order valence-corrected chi connectivity index (χ2v) is 4.54. The van der Waals surface area contributed by atoms with E-state index in [0.717, 1.165) is 0 Å². The number of methoxy groups -OCH3 is 1. The van der Waals surface area contributed by atoms with Crippen LogP contribution in [0, 0.1) is 5.82 Å². The lowest BCUT2D eigenvalue weighted by molar-refractivity contribution is 0.0595. The summed E-state index contributed by atoms with van der Waals surface area (Å²) in [6.07, 6.45) is 0. The van der Waals surface area contributed by atoms with E-state index in [1.165, 1.54) is 36.6 Å². The van der Waals surface area contributed by atoms with Crippen molar-refractivity contribution in [3.8, 4) is 0 Å². The summed E-state index contributed by atoms with van der Waals surface area (Å²) >= 11 is 7.08. The Balaban J connectivity index is 2.18. The molecule has 2 rings (SSSR count). The first-order chi connectivity index (χ1) is 8.60. The van der Waals surface area contributed by atoms with Crippen molar-refractivity contribution in [3.63, 3.8) is 0 Å². The normalized spacial score (nSPS) is 10.2. The SMILES string of the molecule is COC(=O)c1csc(Nc2ccc(F)cc2Cl)n1. The van der Waals surface area contributed by atoms with E-state index in [9.17, 15) is 9.18 Å². The van der Waals surface area contributed by atoms with E-state index in [0.29, 0.717) is 10.8 Å². The zero-order chi connectivity index (χ0) is 13.1. The Labute approximate surface area is 111 Å². The third-order valence-corrected chi connectivity index (χ3v) is 3.14. The van der Waals surface area contributed by atoms with Gasteiger partial charge in [0.25, 0.3) is 0 Å². The van der Waals surface area contributed by atoms with Crippen LogP contribution < -0.4 is 5.32 Å². The zero-order valence-electron chi connectivity index (χ0n) is 9.24. The molecule has 0 aliphatic carbocycles. The molecule has 4 nitrogen and oxygen atoms in total. The number of hydrogen-bond acceptors (Lipinski definition) is 5. The van der Waals surface area contributed by atoms with Gasteiger partial charge in [-0.2, -0.15) is 0 Å². The highest BCUT2D eigenvalue weighted by atomic mass is 35.5. The molecule has 2 aromatic rings. The van der Waals surface area contributed by atoms with Crippen LogP contribution in [0.2, 0.25) is 5.02 Å². The van der Waals surface area contributed by atoms with Gasteiger partial charge in [0.2, 0.25) is 0 Å². The molecule has 0 bridgehead atoms. The monoisotopic (exact) mass is 286 g/mol. The van der Waals surface area contributed by atoms with Crippen molar-refractivity contribution in [1.29, 1.82) is 0 Å². The summed E-state index contributed by atoms with van der Waals surface area (Å²) in [5, 5.41) is 5.18. The number of benzene rings is 1. The largest absolute Gasteiger partial charge is 0.464 e. The summed E-state index contributed by atoms with van der Waals surface area (Å²) < 4.78 is 17.4. The fraction of sp³-hybridized carbons (Fsp3) is 0.0909. The molecule has 0 radical (unpaired) electrons. The number of esters is 1. The molecule has 0 spiro atoms. The molecule has 1 heterocycles. The number of nitrogens with zero attached hydrogens (tertiary/aromatic N) is 1. The van der Waals surface area contributed by atoms with Gasteiger partial charge in [0, 0.05) is 5.38 Å². The van der Waals surface area contributed by atoms with E-state index in [4.69, 9.17) is 11.6 Å². The van der Waals surface area contributed by atoms with Gasteiger partial charge in [0.05, 0.1) is 17.8 Å². The van der Waals surface area contributed by atoms with Gasteiger partial charge in [-0.25, -0.2) is 14.2 Å². The Bertz CT molecular complexity index is 588. The minimum atomic E-state index is -0.510. The molecule has 18 heavy (non-hydrogen) atoms. The first kappa shape index (κ1) is 12.8. The summed E-state index contributed by atoms with van der Waals surface area (Å²) in [6.45, 7) is 0. The maximum Gasteiger partial charge on any atom is 0.357 e. The van der Waals surface area contributed by atoms with Crippen molar-refractivity contribution in [3.05, 3.63) is 40.1 Å². The van der Waals surface area contributed by atoms with Crippen LogP contribution in [0.1, 0.15) is 10.5 Å². The van der Waals surface area contributed by atoms with E-state index >= 15 is 0 Å². The van der Waals surface area contributed by atoms with Gasteiger partial charge in [-0.1, -0.05) is 11.6 Å². The molecule has 0 aliphatic rings. The maximum absolute atomic E-state index is 12.9. The third-order valence-electron chi connectivity index (χ3n) is 2.07. The van der Waals surface area contributed by atoms with Crippen LogP contribution in [0.3, 0.4) is 0 Å². The van der Waals surface area contributed by atoms with E-state index in [2.05, 4.69) is 15.0 Å². The Morgan fingerprint density at radius 3 is 3.00 bits per heavy atom. The minimum Gasteiger partial charge on any atom is -0.464 e. The van der Waals surface area contributed by atoms with Crippen molar-refractivity contribution in [2.75, 3.05) is 12.4 Å². The Morgan fingerprint density at radius 1 is 1.56 bits per heavy atom. The predicted molar refractivity (Wildman–Crippen MR) is 68.1 cm³/mol. The smallest absolute Gasteiger partial charge is 0.357 e. The highest BCUT2D eigenvalue weighted by Crippen LogP contribution is 2.27. The van der Waals surface area contributed by atoms with E-state index < -0.39 is 11.8 Å². The number of ether oxygens (including phenoxy) is 1. The standard InChI is InChI=1S/C11H8ClFN2O2S/c1-17-10(16)9-5-18-11(15-9)14-8-3-2-6(13)4-7(8)12/h2-5H,1H3,(H,14,15). The van der Waals surface area contributed by atoms with Crippen LogP contribution >= 0.6 is 22.9 Å². The van der Waals surface area contributed by atoms with Gasteiger partial charge in [-0.15, -0.1) is 11.3 Å². The fourth-order valence-corrected chi connectivity index (χ4v) is 2.14. The van der Waals surface area contributed by atoms with Crippen LogP contribution in [0.5, 0.6) is 0 Å². The van der Waals surface area contributed by atoms with Crippen molar-refractivity contribution in [2.45, 2.75) is 0 Å². The molecule has 0 amide bonds. The van der Waals surface area contributed by atoms with Crippen LogP contribution in [-0.4, -0.2) is 18.1 Å². The molecule has 1 aromatic carbocycles. The molecule has 1 aromatic heterocycles. The van der Waals surface area contributed by atoms with Crippen LogP contribution in [0.4, 0.5) is 15.2 Å². The number of thiazole rings is 1. The van der Waals surface area contributed by atoms with Crippen molar-refractivity contribution >= 4 is 39.7 Å². The van der Waals surface area contributed by atoms with Gasteiger partial charge in [-0.05, 0) is 18.2 Å². The van der Waals surface area contributed by atoms with Crippen LogP contribution in [0.25, 0.3) is 0 Å². The summed E-state index contributed by atoms with van der Waals surface area (Å²) in [5.41, 5.74) is 0.729. The number of anilines is 2. The van der Waals surface area contributed by atoms with Crippen LogP contribution in [-0.2, 0) is 4.74 Å². The second-order valence-electron chi connectivity index (χ2n) is 3.28. The van der Waals surface area contributed by atoms with Crippen LogP contribution in [0.15, 0.2) is 23.6 Å². The molecule has 7 heteroatoms. The van der Waals surface area contributed by atoms with Crippen molar-refractivity contribution < 1.29 is 13.9 Å². The Hall–Kier alpha value is -1.66. The first-order valence-electron chi connectivity index (χ1n) is 4.86. The number of nitrogens with one attached hydrogen (secondary N) is 1. The number of hydrogen-bond donors (Lipinski definition) is 1. The minimum absolute atomic E-state index is 0.211. The van der Waals surface area contributed by atoms with E-state index in [1.807, 2.05) is 0 Å². The number of aromatic nitrogens is 1. The number of carbonyl (C=O) groups is 1. The average Bonchev–Trinajstić information content (AvgIpc) is 2.80. The molecule has 0 fully saturated rings. The lowest BCUT2D eigenvalue weighted by atomic mass is 10.3. The Kier molecular flexibility index (Phi) is 3.78. The lowest BCUT2D eigenvalue weighted by Crippen LogP contribution is -2.01. The molecule has 1 N–H and O–H groups in total. The average molecular weight is 287 g/mol. The third kappa shape index (κ3) is 2.77.